The first-order valence-electron chi connectivity index (χ1n) is 6.91. The van der Waals surface area contributed by atoms with Crippen LogP contribution in [0.2, 0.25) is 0 Å². The lowest BCUT2D eigenvalue weighted by Crippen LogP contribution is -2.19. The molecular formula is C17H21FN2O. The Hall–Kier alpha value is -2.07. The van der Waals surface area contributed by atoms with E-state index in [0.717, 1.165) is 29.1 Å². The van der Waals surface area contributed by atoms with Crippen LogP contribution in [0.3, 0.4) is 0 Å². The van der Waals surface area contributed by atoms with E-state index in [0.29, 0.717) is 6.54 Å². The van der Waals surface area contributed by atoms with E-state index in [2.05, 4.69) is 16.3 Å². The van der Waals surface area contributed by atoms with Crippen LogP contribution in [0.25, 0.3) is 0 Å². The highest BCUT2D eigenvalue weighted by Gasteiger charge is 2.09. The van der Waals surface area contributed by atoms with Gasteiger partial charge in [0.15, 0.2) is 0 Å². The fourth-order valence-electron chi connectivity index (χ4n) is 2.39. The monoisotopic (exact) mass is 288 g/mol. The van der Waals surface area contributed by atoms with Gasteiger partial charge in [0.2, 0.25) is 0 Å². The molecule has 0 atom stereocenters. The summed E-state index contributed by atoms with van der Waals surface area (Å²) >= 11 is 0. The van der Waals surface area contributed by atoms with Crippen molar-refractivity contribution in [3.63, 3.8) is 0 Å². The molecule has 0 saturated carbocycles. The van der Waals surface area contributed by atoms with Gasteiger partial charge in [-0.15, -0.1) is 0 Å². The van der Waals surface area contributed by atoms with Gasteiger partial charge in [-0.05, 0) is 48.5 Å². The zero-order valence-electron chi connectivity index (χ0n) is 12.7. The van der Waals surface area contributed by atoms with Crippen LogP contribution in [-0.2, 0) is 13.1 Å². The fraction of sp³-hybridized carbons (Fsp3) is 0.294. The van der Waals surface area contributed by atoms with Crippen LogP contribution in [0.1, 0.15) is 11.1 Å². The van der Waals surface area contributed by atoms with E-state index in [9.17, 15) is 4.39 Å². The highest BCUT2D eigenvalue weighted by Crippen LogP contribution is 2.23. The van der Waals surface area contributed by atoms with E-state index in [-0.39, 0.29) is 5.82 Å². The minimum atomic E-state index is -0.209. The lowest BCUT2D eigenvalue weighted by molar-refractivity contribution is 0.414. The van der Waals surface area contributed by atoms with E-state index < -0.39 is 0 Å². The Kier molecular flexibility index (Phi) is 5.17. The predicted octanol–water partition coefficient (Wildman–Crippen LogP) is 3.19. The zero-order valence-corrected chi connectivity index (χ0v) is 12.7. The molecule has 0 aliphatic heterocycles. The molecule has 0 aliphatic carbocycles. The normalized spacial score (nSPS) is 10.5. The Labute approximate surface area is 125 Å². The van der Waals surface area contributed by atoms with Crippen molar-refractivity contribution in [1.82, 2.24) is 5.32 Å². The fourth-order valence-corrected chi connectivity index (χ4v) is 2.39. The molecule has 0 fully saturated rings. The maximum Gasteiger partial charge on any atom is 0.123 e. The van der Waals surface area contributed by atoms with Gasteiger partial charge in [0.1, 0.15) is 11.6 Å². The number of ether oxygens (including phenoxy) is 1. The summed E-state index contributed by atoms with van der Waals surface area (Å²) in [6, 6.07) is 12.9. The van der Waals surface area contributed by atoms with Gasteiger partial charge in [0.05, 0.1) is 7.11 Å². The number of hydrogen-bond donors (Lipinski definition) is 1. The summed E-state index contributed by atoms with van der Waals surface area (Å²) in [4.78, 5) is 2.11. The summed E-state index contributed by atoms with van der Waals surface area (Å²) in [5.74, 6) is 0.634. The van der Waals surface area contributed by atoms with Crippen molar-refractivity contribution >= 4 is 5.69 Å². The molecule has 1 N–H and O–H groups in total. The van der Waals surface area contributed by atoms with Crippen molar-refractivity contribution in [2.24, 2.45) is 0 Å². The van der Waals surface area contributed by atoms with Crippen LogP contribution in [0.15, 0.2) is 42.5 Å². The summed E-state index contributed by atoms with van der Waals surface area (Å²) < 4.78 is 18.6. The molecule has 0 heterocycles. The second kappa shape index (κ2) is 7.09. The molecule has 0 unspecified atom stereocenters. The summed E-state index contributed by atoms with van der Waals surface area (Å²) in [6.07, 6.45) is 0. The van der Waals surface area contributed by atoms with Crippen molar-refractivity contribution in [3.05, 3.63) is 59.4 Å². The second-order valence-electron chi connectivity index (χ2n) is 5.01. The standard InChI is InChI=1S/C17H21FN2O/c1-19-11-14-10-15(18)7-8-17(14)20(2)12-13-5-4-6-16(9-13)21-3/h4-10,19H,11-12H2,1-3H3. The third-order valence-corrected chi connectivity index (χ3v) is 3.37. The van der Waals surface area contributed by atoms with Crippen molar-refractivity contribution in [2.75, 3.05) is 26.1 Å². The first-order chi connectivity index (χ1) is 10.1. The molecule has 4 heteroatoms. The maximum atomic E-state index is 13.4. The van der Waals surface area contributed by atoms with E-state index >= 15 is 0 Å². The van der Waals surface area contributed by atoms with E-state index in [1.165, 1.54) is 6.07 Å². The van der Waals surface area contributed by atoms with Gasteiger partial charge in [0, 0.05) is 25.8 Å². The molecule has 2 aromatic rings. The molecule has 0 bridgehead atoms. The molecule has 112 valence electrons. The Balaban J connectivity index is 2.21. The molecule has 21 heavy (non-hydrogen) atoms. The second-order valence-corrected chi connectivity index (χ2v) is 5.01. The van der Waals surface area contributed by atoms with Crippen LogP contribution >= 0.6 is 0 Å². The minimum Gasteiger partial charge on any atom is -0.497 e. The zero-order chi connectivity index (χ0) is 15.2. The first kappa shape index (κ1) is 15.3. The van der Waals surface area contributed by atoms with Gasteiger partial charge in [-0.25, -0.2) is 4.39 Å². The molecule has 2 rings (SSSR count). The summed E-state index contributed by atoms with van der Waals surface area (Å²) in [6.45, 7) is 1.37. The third kappa shape index (κ3) is 3.95. The van der Waals surface area contributed by atoms with Gasteiger partial charge in [-0.1, -0.05) is 12.1 Å². The molecule has 0 spiro atoms. The Bertz CT molecular complexity index is 601. The first-order valence-corrected chi connectivity index (χ1v) is 6.91. The van der Waals surface area contributed by atoms with Gasteiger partial charge >= 0.3 is 0 Å². The van der Waals surface area contributed by atoms with Crippen LogP contribution in [0.5, 0.6) is 5.75 Å². The lowest BCUT2D eigenvalue weighted by Gasteiger charge is -2.23. The number of nitrogens with zero attached hydrogens (tertiary/aromatic N) is 1. The SMILES string of the molecule is CNCc1cc(F)ccc1N(C)Cc1cccc(OC)c1. The van der Waals surface area contributed by atoms with E-state index in [4.69, 9.17) is 4.74 Å². The number of halogens is 1. The highest BCUT2D eigenvalue weighted by molar-refractivity contribution is 5.53. The van der Waals surface area contributed by atoms with E-state index in [1.54, 1.807) is 13.2 Å². The average molecular weight is 288 g/mol. The number of nitrogens with one attached hydrogen (secondary N) is 1. The van der Waals surface area contributed by atoms with Crippen LogP contribution in [0.4, 0.5) is 10.1 Å². The molecule has 0 radical (unpaired) electrons. The summed E-state index contributed by atoms with van der Waals surface area (Å²) in [5, 5.41) is 3.08. The van der Waals surface area contributed by atoms with Crippen molar-refractivity contribution in [1.29, 1.82) is 0 Å². The van der Waals surface area contributed by atoms with Gasteiger partial charge in [-0.3, -0.25) is 0 Å². The van der Waals surface area contributed by atoms with Crippen LogP contribution in [-0.4, -0.2) is 21.2 Å². The third-order valence-electron chi connectivity index (χ3n) is 3.37. The Morgan fingerprint density at radius 3 is 2.71 bits per heavy atom. The molecule has 0 aliphatic rings. The Morgan fingerprint density at radius 2 is 2.00 bits per heavy atom. The van der Waals surface area contributed by atoms with Crippen molar-refractivity contribution in [3.8, 4) is 5.75 Å². The van der Waals surface area contributed by atoms with E-state index in [1.807, 2.05) is 38.4 Å². The maximum absolute atomic E-state index is 13.4. The molecule has 0 saturated heterocycles. The largest absolute Gasteiger partial charge is 0.497 e. The highest BCUT2D eigenvalue weighted by atomic mass is 19.1. The predicted molar refractivity (Wildman–Crippen MR) is 84.3 cm³/mol. The quantitative estimate of drug-likeness (QED) is 0.883. The summed E-state index contributed by atoms with van der Waals surface area (Å²) in [5.41, 5.74) is 3.12. The molecule has 3 nitrogen and oxygen atoms in total. The van der Waals surface area contributed by atoms with Crippen LogP contribution in [0, 0.1) is 5.82 Å². The Morgan fingerprint density at radius 1 is 1.19 bits per heavy atom. The molecule has 0 aromatic heterocycles. The van der Waals surface area contributed by atoms with Crippen LogP contribution < -0.4 is 15.0 Å². The number of methoxy groups -OCH3 is 1. The minimum absolute atomic E-state index is 0.209. The topological polar surface area (TPSA) is 24.5 Å². The average Bonchev–Trinajstić information content (AvgIpc) is 2.48. The molecule has 0 amide bonds. The van der Waals surface area contributed by atoms with Crippen molar-refractivity contribution < 1.29 is 9.13 Å². The number of hydrogen-bond acceptors (Lipinski definition) is 3. The number of rotatable bonds is 6. The number of benzene rings is 2. The van der Waals surface area contributed by atoms with Gasteiger partial charge < -0.3 is 15.0 Å². The smallest absolute Gasteiger partial charge is 0.123 e. The molecule has 2 aromatic carbocycles. The van der Waals surface area contributed by atoms with Gasteiger partial charge in [-0.2, -0.15) is 0 Å². The van der Waals surface area contributed by atoms with Gasteiger partial charge in [0.25, 0.3) is 0 Å². The number of anilines is 1. The summed E-state index contributed by atoms with van der Waals surface area (Å²) in [7, 11) is 5.52. The lowest BCUT2D eigenvalue weighted by atomic mass is 10.1. The molecular weight excluding hydrogens is 267 g/mol. The van der Waals surface area contributed by atoms with Crippen molar-refractivity contribution in [2.45, 2.75) is 13.1 Å².